The number of hydrogen-bond acceptors (Lipinski definition) is 5. The van der Waals surface area contributed by atoms with Gasteiger partial charge in [0.25, 0.3) is 5.91 Å². The van der Waals surface area contributed by atoms with E-state index in [4.69, 9.17) is 0 Å². The molecule has 0 aliphatic carbocycles. The Morgan fingerprint density at radius 3 is 2.47 bits per heavy atom. The molecule has 19 heavy (non-hydrogen) atoms. The second kappa shape index (κ2) is 4.37. The number of aliphatic carboxylic acids is 1. The summed E-state index contributed by atoms with van der Waals surface area (Å²) < 4.78 is -0.615. The van der Waals surface area contributed by atoms with Crippen LogP contribution in [0.2, 0.25) is 0 Å². The molecule has 2 atom stereocenters. The molecular formula is C13H16NO4S-. The molecule has 6 heteroatoms. The van der Waals surface area contributed by atoms with Crippen LogP contribution in [-0.2, 0) is 14.4 Å². The van der Waals surface area contributed by atoms with E-state index in [0.717, 1.165) is 0 Å². The number of fused-ring (bicyclic) bond motifs is 1. The van der Waals surface area contributed by atoms with Crippen molar-refractivity contribution >= 4 is 29.4 Å². The number of carbonyl (C=O) groups excluding carboxylic acids is 3. The molecule has 2 fully saturated rings. The van der Waals surface area contributed by atoms with Crippen LogP contribution >= 0.6 is 11.8 Å². The molecule has 0 aromatic rings. The van der Waals surface area contributed by atoms with Gasteiger partial charge in [0.05, 0.1) is 17.6 Å². The molecular weight excluding hydrogens is 266 g/mol. The van der Waals surface area contributed by atoms with E-state index in [1.54, 1.807) is 27.7 Å². The summed E-state index contributed by atoms with van der Waals surface area (Å²) in [6.07, 6.45) is 1.36. The van der Waals surface area contributed by atoms with Gasteiger partial charge in [-0.1, -0.05) is 13.8 Å². The van der Waals surface area contributed by atoms with E-state index >= 15 is 0 Å². The number of nitrogens with zero attached hydrogens (tertiary/aromatic N) is 1. The smallest absolute Gasteiger partial charge is 0.254 e. The third-order valence-corrected chi connectivity index (χ3v) is 4.98. The van der Waals surface area contributed by atoms with Gasteiger partial charge in [-0.25, -0.2) is 0 Å². The molecule has 0 radical (unpaired) electrons. The van der Waals surface area contributed by atoms with Crippen molar-refractivity contribution < 1.29 is 19.5 Å². The van der Waals surface area contributed by atoms with Crippen LogP contribution in [0.4, 0.5) is 0 Å². The monoisotopic (exact) mass is 282 g/mol. The van der Waals surface area contributed by atoms with Crippen molar-refractivity contribution in [2.75, 3.05) is 0 Å². The summed E-state index contributed by atoms with van der Waals surface area (Å²) in [7, 11) is 0. The SMILES string of the molecule is CC(C)C(=O)/C=C1\C(=O)N2[C@@H]1SC(C)(C)[C@@H]2C(=O)[O-]. The molecule has 0 saturated carbocycles. The number of ketones is 1. The first kappa shape index (κ1) is 14.1. The Morgan fingerprint density at radius 1 is 1.42 bits per heavy atom. The fourth-order valence-electron chi connectivity index (χ4n) is 2.36. The molecule has 0 aromatic carbocycles. The minimum absolute atomic E-state index is 0.113. The van der Waals surface area contributed by atoms with Gasteiger partial charge in [-0.05, 0) is 19.9 Å². The van der Waals surface area contributed by atoms with Gasteiger partial charge >= 0.3 is 0 Å². The Morgan fingerprint density at radius 2 is 2.00 bits per heavy atom. The first-order valence-corrected chi connectivity index (χ1v) is 7.01. The number of carbonyl (C=O) groups is 3. The maximum Gasteiger partial charge on any atom is 0.254 e. The number of hydrogen-bond donors (Lipinski definition) is 0. The summed E-state index contributed by atoms with van der Waals surface area (Å²) in [5.74, 6) is -1.90. The highest BCUT2D eigenvalue weighted by atomic mass is 32.2. The van der Waals surface area contributed by atoms with E-state index in [2.05, 4.69) is 0 Å². The summed E-state index contributed by atoms with van der Waals surface area (Å²) in [6, 6.07) is -0.943. The van der Waals surface area contributed by atoms with E-state index in [-0.39, 0.29) is 23.0 Å². The average Bonchev–Trinajstić information content (AvgIpc) is 2.54. The largest absolute Gasteiger partial charge is 0.548 e. The highest BCUT2D eigenvalue weighted by molar-refractivity contribution is 8.01. The molecule has 0 unspecified atom stereocenters. The van der Waals surface area contributed by atoms with Gasteiger partial charge in [-0.3, -0.25) is 9.59 Å². The Bertz CT molecular complexity index is 495. The predicted octanol–water partition coefficient (Wildman–Crippen LogP) is -0.0499. The second-order valence-electron chi connectivity index (χ2n) is 5.66. The lowest BCUT2D eigenvalue weighted by molar-refractivity contribution is -0.312. The molecule has 2 aliphatic heterocycles. The van der Waals surface area contributed by atoms with Crippen LogP contribution in [0.15, 0.2) is 11.6 Å². The van der Waals surface area contributed by atoms with Crippen LogP contribution in [0.1, 0.15) is 27.7 Å². The zero-order chi connectivity index (χ0) is 14.5. The van der Waals surface area contributed by atoms with E-state index in [1.165, 1.54) is 22.7 Å². The predicted molar refractivity (Wildman–Crippen MR) is 69.0 cm³/mol. The molecule has 0 N–H and O–H groups in total. The first-order chi connectivity index (χ1) is 8.66. The first-order valence-electron chi connectivity index (χ1n) is 6.13. The zero-order valence-electron chi connectivity index (χ0n) is 11.3. The molecule has 104 valence electrons. The molecule has 2 heterocycles. The number of rotatable bonds is 3. The van der Waals surface area contributed by atoms with E-state index in [1.807, 2.05) is 0 Å². The van der Waals surface area contributed by atoms with Crippen molar-refractivity contribution in [1.82, 2.24) is 4.90 Å². The Hall–Kier alpha value is -1.30. The molecule has 2 saturated heterocycles. The van der Waals surface area contributed by atoms with Gasteiger partial charge in [0.2, 0.25) is 0 Å². The maximum absolute atomic E-state index is 12.0. The third kappa shape index (κ3) is 2.08. The van der Waals surface area contributed by atoms with Crippen LogP contribution in [0.25, 0.3) is 0 Å². The molecule has 5 nitrogen and oxygen atoms in total. The van der Waals surface area contributed by atoms with E-state index < -0.39 is 16.8 Å². The molecule has 0 aromatic heterocycles. The van der Waals surface area contributed by atoms with Crippen LogP contribution in [0.3, 0.4) is 0 Å². The summed E-state index contributed by atoms with van der Waals surface area (Å²) in [5, 5.41) is 10.8. The number of amides is 1. The van der Waals surface area contributed by atoms with Crippen molar-refractivity contribution in [2.45, 2.75) is 43.9 Å². The number of thioether (sulfide) groups is 1. The van der Waals surface area contributed by atoms with Crippen molar-refractivity contribution in [3.05, 3.63) is 11.6 Å². The van der Waals surface area contributed by atoms with Gasteiger partial charge in [0.15, 0.2) is 5.78 Å². The van der Waals surface area contributed by atoms with Crippen LogP contribution in [-0.4, -0.2) is 38.7 Å². The topological polar surface area (TPSA) is 77.5 Å². The summed E-state index contributed by atoms with van der Waals surface area (Å²) >= 11 is 1.38. The molecule has 2 aliphatic rings. The Balaban J connectivity index is 2.29. The molecule has 2 rings (SSSR count). The minimum Gasteiger partial charge on any atom is -0.548 e. The van der Waals surface area contributed by atoms with E-state index in [9.17, 15) is 19.5 Å². The summed E-state index contributed by atoms with van der Waals surface area (Å²) in [6.45, 7) is 7.06. The lowest BCUT2D eigenvalue weighted by atomic mass is 9.94. The van der Waals surface area contributed by atoms with Gasteiger partial charge in [0.1, 0.15) is 5.37 Å². The van der Waals surface area contributed by atoms with Crippen LogP contribution in [0.5, 0.6) is 0 Å². The molecule has 1 amide bonds. The number of β-lactam (4-membered cyclic amide) rings is 1. The van der Waals surface area contributed by atoms with Crippen LogP contribution < -0.4 is 5.11 Å². The summed E-state index contributed by atoms with van der Waals surface area (Å²) in [4.78, 5) is 36.2. The molecule has 0 spiro atoms. The molecule has 0 bridgehead atoms. The number of carboxylic acids is 1. The fraction of sp³-hybridized carbons (Fsp3) is 0.615. The Kier molecular flexibility index (Phi) is 3.24. The number of carboxylic acid groups (broad SMARTS) is 1. The zero-order valence-corrected chi connectivity index (χ0v) is 12.1. The minimum atomic E-state index is -1.25. The normalized spacial score (nSPS) is 30.5. The highest BCUT2D eigenvalue weighted by Gasteiger charge is 2.59. The maximum atomic E-state index is 12.0. The van der Waals surface area contributed by atoms with Crippen molar-refractivity contribution in [1.29, 1.82) is 0 Å². The van der Waals surface area contributed by atoms with Crippen molar-refractivity contribution in [3.8, 4) is 0 Å². The van der Waals surface area contributed by atoms with Crippen molar-refractivity contribution in [2.24, 2.45) is 5.92 Å². The average molecular weight is 282 g/mol. The Labute approximate surface area is 116 Å². The van der Waals surface area contributed by atoms with Gasteiger partial charge in [-0.2, -0.15) is 0 Å². The van der Waals surface area contributed by atoms with E-state index in [0.29, 0.717) is 5.57 Å². The third-order valence-electron chi connectivity index (χ3n) is 3.44. The lowest BCUT2D eigenvalue weighted by Crippen LogP contribution is -2.61. The summed E-state index contributed by atoms with van der Waals surface area (Å²) in [5.41, 5.74) is 0.403. The highest BCUT2D eigenvalue weighted by Crippen LogP contribution is 2.52. The van der Waals surface area contributed by atoms with Gasteiger partial charge in [0, 0.05) is 10.7 Å². The lowest BCUT2D eigenvalue weighted by Gasteiger charge is -2.41. The second-order valence-corrected chi connectivity index (χ2v) is 7.40. The number of allylic oxidation sites excluding steroid dienone is 1. The quantitative estimate of drug-likeness (QED) is 0.536. The van der Waals surface area contributed by atoms with Gasteiger partial charge < -0.3 is 14.8 Å². The van der Waals surface area contributed by atoms with Crippen LogP contribution in [0, 0.1) is 5.92 Å². The standard InChI is InChI=1S/C13H17NO4S/c1-6(2)8(15)5-7-10(16)14-9(12(17)18)13(3,4)19-11(7)14/h5-6,9,11H,1-4H3,(H,17,18)/p-1/b7-5+/t9-,11+/m0/s1. The van der Waals surface area contributed by atoms with Crippen molar-refractivity contribution in [3.63, 3.8) is 0 Å². The van der Waals surface area contributed by atoms with Gasteiger partial charge in [-0.15, -0.1) is 11.8 Å². The fourth-order valence-corrected chi connectivity index (χ4v) is 3.90.